The molecule has 8 nitrogen and oxygen atoms in total. The van der Waals surface area contributed by atoms with E-state index in [1.54, 1.807) is 29.8 Å². The third kappa shape index (κ3) is 4.35. The highest BCUT2D eigenvalue weighted by atomic mass is 32.1. The van der Waals surface area contributed by atoms with Crippen LogP contribution in [-0.2, 0) is 4.79 Å². The van der Waals surface area contributed by atoms with Crippen molar-refractivity contribution in [1.29, 1.82) is 0 Å². The summed E-state index contributed by atoms with van der Waals surface area (Å²) in [6, 6.07) is 5.12. The quantitative estimate of drug-likeness (QED) is 0.493. The van der Waals surface area contributed by atoms with Gasteiger partial charge in [0.15, 0.2) is 5.13 Å². The molecule has 0 aliphatic carbocycles. The average molecular weight is 389 g/mol. The molecule has 10 heteroatoms. The average Bonchev–Trinajstić information content (AvgIpc) is 3.35. The van der Waals surface area contributed by atoms with E-state index in [0.717, 1.165) is 0 Å². The first-order valence-electron chi connectivity index (χ1n) is 7.58. The van der Waals surface area contributed by atoms with Gasteiger partial charge in [0.05, 0.1) is 10.6 Å². The van der Waals surface area contributed by atoms with Crippen molar-refractivity contribution in [2.24, 2.45) is 5.73 Å². The Kier molecular flexibility index (Phi) is 5.44. The Morgan fingerprint density at radius 2 is 2.12 bits per heavy atom. The lowest BCUT2D eigenvalue weighted by Gasteiger charge is -2.03. The van der Waals surface area contributed by atoms with Crippen LogP contribution in [-0.4, -0.2) is 34.2 Å². The van der Waals surface area contributed by atoms with Gasteiger partial charge in [0.25, 0.3) is 11.8 Å². The first-order valence-corrected chi connectivity index (χ1v) is 9.34. The Labute approximate surface area is 156 Å². The molecule has 0 bridgehead atoms. The van der Waals surface area contributed by atoms with E-state index in [1.165, 1.54) is 22.7 Å². The number of amides is 3. The Balaban J connectivity index is 1.49. The number of thiazole rings is 1. The SMILES string of the molecule is NC(=O)c1cc(-c2csc(NC(=O)CCNC(=O)c3cccs3)n2)c[nH]1. The molecule has 134 valence electrons. The minimum atomic E-state index is -0.551. The van der Waals surface area contributed by atoms with Crippen LogP contribution >= 0.6 is 22.7 Å². The van der Waals surface area contributed by atoms with Gasteiger partial charge in [0.1, 0.15) is 5.69 Å². The molecule has 26 heavy (non-hydrogen) atoms. The van der Waals surface area contributed by atoms with Crippen LogP contribution in [0.3, 0.4) is 0 Å². The molecule has 5 N–H and O–H groups in total. The topological polar surface area (TPSA) is 130 Å². The van der Waals surface area contributed by atoms with Crippen molar-refractivity contribution in [3.8, 4) is 11.3 Å². The number of aromatic amines is 1. The van der Waals surface area contributed by atoms with Crippen LogP contribution in [0, 0.1) is 0 Å². The second-order valence-electron chi connectivity index (χ2n) is 5.24. The summed E-state index contributed by atoms with van der Waals surface area (Å²) in [7, 11) is 0. The van der Waals surface area contributed by atoms with Crippen LogP contribution in [0.15, 0.2) is 35.2 Å². The molecule has 3 aromatic rings. The van der Waals surface area contributed by atoms with Gasteiger partial charge in [-0.2, -0.15) is 0 Å². The van der Waals surface area contributed by atoms with E-state index in [-0.39, 0.29) is 24.8 Å². The fourth-order valence-electron chi connectivity index (χ4n) is 2.11. The molecule has 0 aromatic carbocycles. The number of nitrogens with two attached hydrogens (primary N) is 1. The standard InChI is InChI=1S/C16H15N5O3S2/c17-14(23)10-6-9(7-19-10)11-8-26-16(20-11)21-13(22)3-4-18-15(24)12-2-1-5-25-12/h1-2,5-8,19H,3-4H2,(H2,17,23)(H,18,24)(H,20,21,22). The number of anilines is 1. The summed E-state index contributed by atoms with van der Waals surface area (Å²) in [6.07, 6.45) is 1.77. The highest BCUT2D eigenvalue weighted by Gasteiger charge is 2.12. The second kappa shape index (κ2) is 7.93. The summed E-state index contributed by atoms with van der Waals surface area (Å²) >= 11 is 2.61. The highest BCUT2D eigenvalue weighted by Crippen LogP contribution is 2.25. The number of carbonyl (C=O) groups excluding carboxylic acids is 3. The number of thiophene rings is 1. The zero-order chi connectivity index (χ0) is 18.5. The van der Waals surface area contributed by atoms with Gasteiger partial charge >= 0.3 is 0 Å². The molecule has 0 saturated carbocycles. The first-order chi connectivity index (χ1) is 12.5. The molecule has 0 spiro atoms. The Morgan fingerprint density at radius 1 is 1.27 bits per heavy atom. The number of carbonyl (C=O) groups is 3. The molecule has 0 aliphatic heterocycles. The van der Waals surface area contributed by atoms with Gasteiger partial charge in [-0.25, -0.2) is 4.98 Å². The van der Waals surface area contributed by atoms with E-state index < -0.39 is 5.91 Å². The van der Waals surface area contributed by atoms with Crippen molar-refractivity contribution in [3.05, 3.63) is 45.7 Å². The smallest absolute Gasteiger partial charge is 0.265 e. The van der Waals surface area contributed by atoms with Crippen molar-refractivity contribution in [3.63, 3.8) is 0 Å². The lowest BCUT2D eigenvalue weighted by molar-refractivity contribution is -0.116. The minimum absolute atomic E-state index is 0.141. The summed E-state index contributed by atoms with van der Waals surface area (Å²) in [6.45, 7) is 0.237. The number of hydrogen-bond acceptors (Lipinski definition) is 6. The number of aromatic nitrogens is 2. The molecule has 3 aromatic heterocycles. The molecule has 0 atom stereocenters. The van der Waals surface area contributed by atoms with Gasteiger partial charge in [0, 0.05) is 30.1 Å². The van der Waals surface area contributed by atoms with Crippen molar-refractivity contribution >= 4 is 45.5 Å². The van der Waals surface area contributed by atoms with Crippen LogP contribution < -0.4 is 16.4 Å². The number of H-pyrrole nitrogens is 1. The second-order valence-corrected chi connectivity index (χ2v) is 7.04. The van der Waals surface area contributed by atoms with E-state index in [2.05, 4.69) is 20.6 Å². The van der Waals surface area contributed by atoms with E-state index >= 15 is 0 Å². The number of primary amides is 1. The minimum Gasteiger partial charge on any atom is -0.364 e. The number of nitrogens with zero attached hydrogens (tertiary/aromatic N) is 1. The lowest BCUT2D eigenvalue weighted by atomic mass is 10.2. The predicted molar refractivity (Wildman–Crippen MR) is 100 cm³/mol. The van der Waals surface area contributed by atoms with Crippen LogP contribution in [0.5, 0.6) is 0 Å². The summed E-state index contributed by atoms with van der Waals surface area (Å²) < 4.78 is 0. The normalized spacial score (nSPS) is 10.5. The van der Waals surface area contributed by atoms with Crippen molar-refractivity contribution < 1.29 is 14.4 Å². The van der Waals surface area contributed by atoms with Gasteiger partial charge in [0.2, 0.25) is 5.91 Å². The van der Waals surface area contributed by atoms with Crippen LogP contribution in [0.1, 0.15) is 26.6 Å². The molecular weight excluding hydrogens is 374 g/mol. The zero-order valence-electron chi connectivity index (χ0n) is 13.4. The Morgan fingerprint density at radius 3 is 2.81 bits per heavy atom. The van der Waals surface area contributed by atoms with Crippen LogP contribution in [0.25, 0.3) is 11.3 Å². The van der Waals surface area contributed by atoms with Crippen LogP contribution in [0.2, 0.25) is 0 Å². The maximum Gasteiger partial charge on any atom is 0.265 e. The van der Waals surface area contributed by atoms with Gasteiger partial charge in [-0.05, 0) is 17.5 Å². The summed E-state index contributed by atoms with van der Waals surface area (Å²) in [4.78, 5) is 42.5. The molecule has 0 fully saturated rings. The molecule has 3 rings (SSSR count). The molecule has 0 unspecified atom stereocenters. The summed E-state index contributed by atoms with van der Waals surface area (Å²) in [5.74, 6) is -0.990. The first kappa shape index (κ1) is 17.8. The highest BCUT2D eigenvalue weighted by molar-refractivity contribution is 7.14. The Bertz CT molecular complexity index is 930. The number of rotatable bonds is 7. The molecule has 3 amide bonds. The van der Waals surface area contributed by atoms with E-state index in [4.69, 9.17) is 5.73 Å². The maximum absolute atomic E-state index is 12.0. The number of nitrogens with one attached hydrogen (secondary N) is 3. The number of hydrogen-bond donors (Lipinski definition) is 4. The molecule has 0 saturated heterocycles. The largest absolute Gasteiger partial charge is 0.364 e. The molecule has 0 radical (unpaired) electrons. The van der Waals surface area contributed by atoms with Gasteiger partial charge < -0.3 is 21.4 Å². The Hall–Kier alpha value is -2.98. The fourth-order valence-corrected chi connectivity index (χ4v) is 3.49. The van der Waals surface area contributed by atoms with Crippen molar-refractivity contribution in [2.45, 2.75) is 6.42 Å². The molecule has 3 heterocycles. The van der Waals surface area contributed by atoms with Gasteiger partial charge in [-0.15, -0.1) is 22.7 Å². The maximum atomic E-state index is 12.0. The molecular formula is C16H15N5O3S2. The van der Waals surface area contributed by atoms with Crippen molar-refractivity contribution in [1.82, 2.24) is 15.3 Å². The third-order valence-corrected chi connectivity index (χ3v) is 5.00. The van der Waals surface area contributed by atoms with Crippen molar-refractivity contribution in [2.75, 3.05) is 11.9 Å². The van der Waals surface area contributed by atoms with Gasteiger partial charge in [-0.1, -0.05) is 6.07 Å². The van der Waals surface area contributed by atoms with Gasteiger partial charge in [-0.3, -0.25) is 14.4 Å². The monoisotopic (exact) mass is 389 g/mol. The zero-order valence-corrected chi connectivity index (χ0v) is 15.1. The predicted octanol–water partition coefficient (Wildman–Crippen LogP) is 2.06. The summed E-state index contributed by atoms with van der Waals surface area (Å²) in [5.41, 5.74) is 6.82. The van der Waals surface area contributed by atoms with E-state index in [9.17, 15) is 14.4 Å². The lowest BCUT2D eigenvalue weighted by Crippen LogP contribution is -2.27. The van der Waals surface area contributed by atoms with E-state index in [0.29, 0.717) is 27.0 Å². The molecule has 0 aliphatic rings. The van der Waals surface area contributed by atoms with E-state index in [1.807, 2.05) is 5.38 Å². The summed E-state index contributed by atoms with van der Waals surface area (Å²) in [5, 5.41) is 9.41. The third-order valence-electron chi connectivity index (χ3n) is 3.38. The van der Waals surface area contributed by atoms with Crippen LogP contribution in [0.4, 0.5) is 5.13 Å². The fraction of sp³-hybridized carbons (Fsp3) is 0.125.